The van der Waals surface area contributed by atoms with Crippen molar-refractivity contribution in [3.05, 3.63) is 46.0 Å². The molecule has 0 aliphatic heterocycles. The summed E-state index contributed by atoms with van der Waals surface area (Å²) >= 11 is 12.3. The van der Waals surface area contributed by atoms with Crippen molar-refractivity contribution in [2.45, 2.75) is 38.7 Å². The zero-order valence-electron chi connectivity index (χ0n) is 14.9. The van der Waals surface area contributed by atoms with Gasteiger partial charge in [0.2, 0.25) is 0 Å². The maximum atomic E-state index is 9.64. The van der Waals surface area contributed by atoms with Gasteiger partial charge in [-0.05, 0) is 38.7 Å². The van der Waals surface area contributed by atoms with Crippen molar-refractivity contribution >= 4 is 34.9 Å². The minimum absolute atomic E-state index is 0.165. The van der Waals surface area contributed by atoms with E-state index in [4.69, 9.17) is 32.7 Å². The zero-order valence-corrected chi connectivity index (χ0v) is 16.4. The Morgan fingerprint density at radius 2 is 1.93 bits per heavy atom. The molecule has 0 N–H and O–H groups in total. The Balaban J connectivity index is 1.98. The third kappa shape index (κ3) is 4.71. The fourth-order valence-electron chi connectivity index (χ4n) is 2.98. The Morgan fingerprint density at radius 1 is 1.22 bits per heavy atom. The quantitative estimate of drug-likeness (QED) is 0.589. The van der Waals surface area contributed by atoms with Gasteiger partial charge in [-0.1, -0.05) is 23.2 Å². The molecule has 1 saturated carbocycles. The van der Waals surface area contributed by atoms with E-state index >= 15 is 0 Å². The van der Waals surface area contributed by atoms with Gasteiger partial charge in [0.15, 0.2) is 11.5 Å². The number of nitriles is 1. The molecule has 0 amide bonds. The Hall–Kier alpha value is -2.29. The van der Waals surface area contributed by atoms with Crippen molar-refractivity contribution in [2.24, 2.45) is 0 Å². The first-order valence-corrected chi connectivity index (χ1v) is 9.58. The molecule has 1 aliphatic rings. The average molecular weight is 404 g/mol. The van der Waals surface area contributed by atoms with Gasteiger partial charge in [-0.3, -0.25) is 9.97 Å². The fraction of sp³-hybridized carbons (Fsp3) is 0.350. The number of rotatable bonds is 6. The Bertz CT molecular complexity index is 867. The van der Waals surface area contributed by atoms with E-state index in [1.807, 2.05) is 6.92 Å². The summed E-state index contributed by atoms with van der Waals surface area (Å²) in [6.45, 7) is 2.41. The van der Waals surface area contributed by atoms with Crippen LogP contribution < -0.4 is 9.47 Å². The molecule has 5 nitrogen and oxygen atoms in total. The SMILES string of the molecule is CCOc1cnc(/C(C#N)=C/c2c(Cl)cncc2Cl)cc1OC1CCCC1. The third-order valence-corrected chi connectivity index (χ3v) is 4.91. The van der Waals surface area contributed by atoms with E-state index in [0.29, 0.717) is 45.0 Å². The number of halogens is 2. The molecular formula is C20H19Cl2N3O2. The first-order valence-electron chi connectivity index (χ1n) is 8.83. The molecule has 3 rings (SSSR count). The number of ether oxygens (including phenoxy) is 2. The van der Waals surface area contributed by atoms with Crippen LogP contribution in [0.25, 0.3) is 11.6 Å². The van der Waals surface area contributed by atoms with Crippen molar-refractivity contribution in [3.63, 3.8) is 0 Å². The number of hydrogen-bond acceptors (Lipinski definition) is 5. The molecule has 1 fully saturated rings. The maximum Gasteiger partial charge on any atom is 0.179 e. The van der Waals surface area contributed by atoms with E-state index < -0.39 is 0 Å². The molecule has 2 aromatic heterocycles. The van der Waals surface area contributed by atoms with Crippen LogP contribution in [0.4, 0.5) is 0 Å². The molecule has 2 aromatic rings. The summed E-state index contributed by atoms with van der Waals surface area (Å²) in [5.74, 6) is 1.17. The first kappa shape index (κ1) is 19.5. The van der Waals surface area contributed by atoms with Gasteiger partial charge >= 0.3 is 0 Å². The van der Waals surface area contributed by atoms with Crippen molar-refractivity contribution in [3.8, 4) is 17.6 Å². The van der Waals surface area contributed by atoms with Crippen molar-refractivity contribution < 1.29 is 9.47 Å². The Labute approximate surface area is 168 Å². The summed E-state index contributed by atoms with van der Waals surface area (Å²) in [4.78, 5) is 8.29. The Morgan fingerprint density at radius 3 is 2.56 bits per heavy atom. The lowest BCUT2D eigenvalue weighted by Gasteiger charge is -2.17. The van der Waals surface area contributed by atoms with Gasteiger partial charge in [-0.2, -0.15) is 5.26 Å². The predicted octanol–water partition coefficient (Wildman–Crippen LogP) is 5.57. The van der Waals surface area contributed by atoms with E-state index in [9.17, 15) is 5.26 Å². The van der Waals surface area contributed by atoms with E-state index in [1.54, 1.807) is 18.3 Å². The van der Waals surface area contributed by atoms with Gasteiger partial charge in [0.05, 0.1) is 40.2 Å². The lowest BCUT2D eigenvalue weighted by molar-refractivity contribution is 0.196. The highest BCUT2D eigenvalue weighted by Crippen LogP contribution is 2.34. The summed E-state index contributed by atoms with van der Waals surface area (Å²) in [5, 5.41) is 10.4. The number of hydrogen-bond donors (Lipinski definition) is 0. The summed E-state index contributed by atoms with van der Waals surface area (Å²) < 4.78 is 11.8. The minimum Gasteiger partial charge on any atom is -0.488 e. The minimum atomic E-state index is 0.165. The van der Waals surface area contributed by atoms with Crippen LogP contribution in [0.1, 0.15) is 43.9 Å². The van der Waals surface area contributed by atoms with Gasteiger partial charge < -0.3 is 9.47 Å². The highest BCUT2D eigenvalue weighted by molar-refractivity contribution is 6.37. The Kier molecular flexibility index (Phi) is 6.54. The van der Waals surface area contributed by atoms with Crippen LogP contribution in [0.2, 0.25) is 10.0 Å². The highest BCUT2D eigenvalue weighted by atomic mass is 35.5. The highest BCUT2D eigenvalue weighted by Gasteiger charge is 2.20. The maximum absolute atomic E-state index is 9.64. The lowest BCUT2D eigenvalue weighted by atomic mass is 10.1. The van der Waals surface area contributed by atoms with Crippen LogP contribution in [0.3, 0.4) is 0 Å². The smallest absolute Gasteiger partial charge is 0.179 e. The topological polar surface area (TPSA) is 68.0 Å². The standard InChI is InChI=1S/C20H19Cl2N3O2/c1-2-26-20-12-25-18(8-19(20)27-14-5-3-4-6-14)13(9-23)7-15-16(21)10-24-11-17(15)22/h7-8,10-12,14H,2-6H2,1H3/b13-7+. The lowest BCUT2D eigenvalue weighted by Crippen LogP contribution is -2.12. The molecule has 140 valence electrons. The molecule has 0 saturated heterocycles. The molecule has 0 bridgehead atoms. The normalized spacial score (nSPS) is 14.8. The van der Waals surface area contributed by atoms with E-state index in [2.05, 4.69) is 16.0 Å². The van der Waals surface area contributed by atoms with Crippen molar-refractivity contribution in [1.29, 1.82) is 5.26 Å². The molecule has 27 heavy (non-hydrogen) atoms. The third-order valence-electron chi connectivity index (χ3n) is 4.30. The first-order chi connectivity index (χ1) is 13.1. The second-order valence-electron chi connectivity index (χ2n) is 6.16. The second-order valence-corrected chi connectivity index (χ2v) is 6.97. The zero-order chi connectivity index (χ0) is 19.2. The van der Waals surface area contributed by atoms with Crippen LogP contribution >= 0.6 is 23.2 Å². The fourth-order valence-corrected chi connectivity index (χ4v) is 3.45. The van der Waals surface area contributed by atoms with Crippen LogP contribution in [-0.2, 0) is 0 Å². The van der Waals surface area contributed by atoms with Gasteiger partial charge in [-0.15, -0.1) is 0 Å². The number of aromatic nitrogens is 2. The van der Waals surface area contributed by atoms with E-state index in [0.717, 1.165) is 25.7 Å². The summed E-state index contributed by atoms with van der Waals surface area (Å²) in [6.07, 6.45) is 10.7. The molecular weight excluding hydrogens is 385 g/mol. The van der Waals surface area contributed by atoms with Gasteiger partial charge in [0, 0.05) is 24.0 Å². The summed E-state index contributed by atoms with van der Waals surface area (Å²) in [7, 11) is 0. The number of pyridine rings is 2. The summed E-state index contributed by atoms with van der Waals surface area (Å²) in [6, 6.07) is 3.90. The molecule has 0 unspecified atom stereocenters. The van der Waals surface area contributed by atoms with Crippen LogP contribution in [-0.4, -0.2) is 22.7 Å². The van der Waals surface area contributed by atoms with Crippen LogP contribution in [0.15, 0.2) is 24.7 Å². The molecule has 0 aromatic carbocycles. The van der Waals surface area contributed by atoms with Crippen molar-refractivity contribution in [1.82, 2.24) is 9.97 Å². The van der Waals surface area contributed by atoms with E-state index in [1.165, 1.54) is 12.4 Å². The number of nitrogens with zero attached hydrogens (tertiary/aromatic N) is 3. The summed E-state index contributed by atoms with van der Waals surface area (Å²) in [5.41, 5.74) is 1.32. The molecule has 0 spiro atoms. The average Bonchev–Trinajstić information content (AvgIpc) is 3.16. The molecule has 0 radical (unpaired) electrons. The van der Waals surface area contributed by atoms with Gasteiger partial charge in [0.25, 0.3) is 0 Å². The molecule has 1 aliphatic carbocycles. The van der Waals surface area contributed by atoms with Crippen molar-refractivity contribution in [2.75, 3.05) is 6.61 Å². The predicted molar refractivity (Wildman–Crippen MR) is 106 cm³/mol. The van der Waals surface area contributed by atoms with Crippen LogP contribution in [0, 0.1) is 11.3 Å². The second kappa shape index (κ2) is 9.07. The van der Waals surface area contributed by atoms with Crippen LogP contribution in [0.5, 0.6) is 11.5 Å². The van der Waals surface area contributed by atoms with E-state index in [-0.39, 0.29) is 6.10 Å². The number of allylic oxidation sites excluding steroid dienone is 1. The monoisotopic (exact) mass is 403 g/mol. The van der Waals surface area contributed by atoms with Gasteiger partial charge in [0.1, 0.15) is 6.07 Å². The largest absolute Gasteiger partial charge is 0.488 e. The molecule has 7 heteroatoms. The van der Waals surface area contributed by atoms with Gasteiger partial charge in [-0.25, -0.2) is 0 Å². The molecule has 0 atom stereocenters. The molecule has 2 heterocycles.